The molecule has 4 fully saturated rings. The molecule has 1 unspecified atom stereocenters. The van der Waals surface area contributed by atoms with E-state index in [4.69, 9.17) is 4.74 Å². The van der Waals surface area contributed by atoms with Crippen LogP contribution in [0.3, 0.4) is 0 Å². The number of aryl methyl sites for hydroxylation is 1. The molecule has 0 aromatic heterocycles. The lowest BCUT2D eigenvalue weighted by Crippen LogP contribution is -2.48. The number of hydrogen-bond acceptors (Lipinski definition) is 3. The van der Waals surface area contributed by atoms with Crippen molar-refractivity contribution < 1.29 is 9.84 Å². The van der Waals surface area contributed by atoms with Gasteiger partial charge in [-0.2, -0.15) is 0 Å². The Kier molecular flexibility index (Phi) is 6.08. The lowest BCUT2D eigenvalue weighted by Gasteiger charge is -2.57. The van der Waals surface area contributed by atoms with Crippen LogP contribution in [0.15, 0.2) is 48.5 Å². The van der Waals surface area contributed by atoms with Gasteiger partial charge >= 0.3 is 0 Å². The molecule has 0 saturated heterocycles. The van der Waals surface area contributed by atoms with Crippen molar-refractivity contribution >= 4 is 0 Å². The van der Waals surface area contributed by atoms with E-state index in [1.54, 1.807) is 0 Å². The van der Waals surface area contributed by atoms with Crippen molar-refractivity contribution in [1.29, 1.82) is 0 Å². The maximum Gasteiger partial charge on any atom is 0.119 e. The molecule has 3 heteroatoms. The van der Waals surface area contributed by atoms with Crippen molar-refractivity contribution in [3.05, 3.63) is 65.2 Å². The Labute approximate surface area is 187 Å². The molecule has 3 nitrogen and oxygen atoms in total. The minimum absolute atomic E-state index is 0.328. The summed E-state index contributed by atoms with van der Waals surface area (Å²) in [4.78, 5) is 0. The maximum absolute atomic E-state index is 10.3. The Morgan fingerprint density at radius 2 is 1.55 bits per heavy atom. The van der Waals surface area contributed by atoms with E-state index in [2.05, 4.69) is 60.8 Å². The van der Waals surface area contributed by atoms with E-state index in [0.717, 1.165) is 36.5 Å². The minimum Gasteiger partial charge on any atom is -0.491 e. The second-order valence-electron chi connectivity index (χ2n) is 10.6. The Balaban J connectivity index is 1.06. The Morgan fingerprint density at radius 1 is 0.935 bits per heavy atom. The lowest BCUT2D eigenvalue weighted by atomic mass is 9.48. The van der Waals surface area contributed by atoms with Gasteiger partial charge in [0.15, 0.2) is 0 Å². The van der Waals surface area contributed by atoms with Crippen LogP contribution in [-0.2, 0) is 11.8 Å². The molecule has 1 atom stereocenters. The van der Waals surface area contributed by atoms with E-state index in [0.29, 0.717) is 18.6 Å². The van der Waals surface area contributed by atoms with E-state index in [9.17, 15) is 5.11 Å². The van der Waals surface area contributed by atoms with Crippen molar-refractivity contribution in [2.24, 2.45) is 17.8 Å². The Bertz CT molecular complexity index is 822. The highest BCUT2D eigenvalue weighted by atomic mass is 16.5. The Hall–Kier alpha value is -1.84. The molecule has 2 aromatic carbocycles. The monoisotopic (exact) mass is 419 g/mol. The molecule has 4 aliphatic rings. The number of ether oxygens (including phenoxy) is 1. The number of nitrogens with one attached hydrogen (secondary N) is 1. The third kappa shape index (κ3) is 4.83. The fraction of sp³-hybridized carbons (Fsp3) is 0.571. The second-order valence-corrected chi connectivity index (χ2v) is 10.6. The summed E-state index contributed by atoms with van der Waals surface area (Å²) in [6, 6.07) is 17.5. The van der Waals surface area contributed by atoms with Crippen LogP contribution >= 0.6 is 0 Å². The molecule has 2 aromatic rings. The molecule has 31 heavy (non-hydrogen) atoms. The zero-order valence-corrected chi connectivity index (χ0v) is 18.9. The maximum atomic E-state index is 10.3. The van der Waals surface area contributed by atoms with E-state index in [1.807, 2.05) is 0 Å². The highest BCUT2D eigenvalue weighted by molar-refractivity contribution is 5.34. The van der Waals surface area contributed by atoms with Crippen LogP contribution in [0.5, 0.6) is 5.75 Å². The molecule has 0 radical (unpaired) electrons. The summed E-state index contributed by atoms with van der Waals surface area (Å²) in [6.45, 7) is 3.85. The highest BCUT2D eigenvalue weighted by Crippen LogP contribution is 2.60. The lowest BCUT2D eigenvalue weighted by molar-refractivity contribution is -0.00521. The molecule has 4 saturated carbocycles. The summed E-state index contributed by atoms with van der Waals surface area (Å²) in [6.07, 6.45) is 9.11. The van der Waals surface area contributed by atoms with Gasteiger partial charge in [-0.05, 0) is 105 Å². The average Bonchev–Trinajstić information content (AvgIpc) is 2.76. The van der Waals surface area contributed by atoms with E-state index >= 15 is 0 Å². The number of hydrogen-bond donors (Lipinski definition) is 2. The smallest absolute Gasteiger partial charge is 0.119 e. The fourth-order valence-electron chi connectivity index (χ4n) is 6.88. The third-order valence-electron chi connectivity index (χ3n) is 8.04. The fourth-order valence-corrected chi connectivity index (χ4v) is 6.88. The first-order valence-electron chi connectivity index (χ1n) is 12.3. The predicted octanol–water partition coefficient (Wildman–Crippen LogP) is 5.03. The van der Waals surface area contributed by atoms with Crippen LogP contribution in [-0.4, -0.2) is 30.9 Å². The number of benzene rings is 2. The molecule has 0 spiro atoms. The number of rotatable bonds is 9. The van der Waals surface area contributed by atoms with Crippen LogP contribution in [0, 0.1) is 24.7 Å². The van der Waals surface area contributed by atoms with Gasteiger partial charge in [-0.3, -0.25) is 0 Å². The molecule has 4 bridgehead atoms. The van der Waals surface area contributed by atoms with Crippen LogP contribution in [0.25, 0.3) is 0 Å². The summed E-state index contributed by atoms with van der Waals surface area (Å²) >= 11 is 0. The summed E-state index contributed by atoms with van der Waals surface area (Å²) in [7, 11) is 0. The van der Waals surface area contributed by atoms with Crippen LogP contribution < -0.4 is 10.1 Å². The van der Waals surface area contributed by atoms with Gasteiger partial charge in [0.2, 0.25) is 0 Å². The zero-order valence-electron chi connectivity index (χ0n) is 18.9. The molecule has 0 amide bonds. The van der Waals surface area contributed by atoms with Crippen molar-refractivity contribution in [1.82, 2.24) is 5.32 Å². The standard InChI is InChI=1S/C28H37NO2/c1-20-2-4-21(5-3-20)10-11-29-18-26(30)19-31-27-8-6-25(7-9-27)28-15-22-12-23(16-28)14-24(13-22)17-28/h2-9,22-24,26,29-30H,10-19H2,1H3. The zero-order chi connectivity index (χ0) is 21.3. The largest absolute Gasteiger partial charge is 0.491 e. The van der Waals surface area contributed by atoms with Gasteiger partial charge < -0.3 is 15.2 Å². The second kappa shape index (κ2) is 8.96. The van der Waals surface area contributed by atoms with Crippen molar-refractivity contribution in [3.8, 4) is 5.75 Å². The molecular weight excluding hydrogens is 382 g/mol. The van der Waals surface area contributed by atoms with E-state index in [-0.39, 0.29) is 0 Å². The molecule has 4 aliphatic carbocycles. The van der Waals surface area contributed by atoms with Gasteiger partial charge in [0.05, 0.1) is 0 Å². The Morgan fingerprint density at radius 3 is 2.16 bits per heavy atom. The summed E-state index contributed by atoms with van der Waals surface area (Å²) < 4.78 is 5.88. The van der Waals surface area contributed by atoms with Crippen molar-refractivity contribution in [3.63, 3.8) is 0 Å². The predicted molar refractivity (Wildman–Crippen MR) is 126 cm³/mol. The normalized spacial score (nSPS) is 29.8. The van der Waals surface area contributed by atoms with Gasteiger partial charge in [-0.1, -0.05) is 42.0 Å². The quantitative estimate of drug-likeness (QED) is 0.560. The van der Waals surface area contributed by atoms with E-state index in [1.165, 1.54) is 55.2 Å². The third-order valence-corrected chi connectivity index (χ3v) is 8.04. The van der Waals surface area contributed by atoms with Gasteiger partial charge in [0.1, 0.15) is 18.5 Å². The van der Waals surface area contributed by atoms with Gasteiger partial charge in [-0.25, -0.2) is 0 Å². The molecule has 166 valence electrons. The van der Waals surface area contributed by atoms with Gasteiger partial charge in [0, 0.05) is 6.54 Å². The molecule has 0 aliphatic heterocycles. The average molecular weight is 420 g/mol. The van der Waals surface area contributed by atoms with Gasteiger partial charge in [0.25, 0.3) is 0 Å². The summed E-state index contributed by atoms with van der Waals surface area (Å²) in [5.41, 5.74) is 4.57. The van der Waals surface area contributed by atoms with Crippen LogP contribution in [0.4, 0.5) is 0 Å². The first-order valence-corrected chi connectivity index (χ1v) is 12.3. The number of aliphatic hydroxyl groups is 1. The molecular formula is C28H37NO2. The molecule has 2 N–H and O–H groups in total. The SMILES string of the molecule is Cc1ccc(CCNCC(O)COc2ccc(C34CC5CC(CC(C5)C3)C4)cc2)cc1. The van der Waals surface area contributed by atoms with E-state index < -0.39 is 6.10 Å². The first kappa shape index (κ1) is 21.0. The summed E-state index contributed by atoms with van der Waals surface area (Å²) in [5.74, 6) is 3.77. The van der Waals surface area contributed by atoms with Crippen molar-refractivity contribution in [2.75, 3.05) is 19.7 Å². The highest BCUT2D eigenvalue weighted by Gasteiger charge is 2.51. The van der Waals surface area contributed by atoms with Gasteiger partial charge in [-0.15, -0.1) is 0 Å². The van der Waals surface area contributed by atoms with Crippen molar-refractivity contribution in [2.45, 2.75) is 63.4 Å². The van der Waals surface area contributed by atoms with Crippen LogP contribution in [0.1, 0.15) is 55.2 Å². The minimum atomic E-state index is -0.499. The first-order chi connectivity index (χ1) is 15.1. The number of aliphatic hydroxyl groups excluding tert-OH is 1. The molecule has 6 rings (SSSR count). The topological polar surface area (TPSA) is 41.5 Å². The van der Waals surface area contributed by atoms with Crippen LogP contribution in [0.2, 0.25) is 0 Å². The molecule has 0 heterocycles. The summed E-state index contributed by atoms with van der Waals surface area (Å²) in [5, 5.41) is 13.6.